The van der Waals surface area contributed by atoms with Gasteiger partial charge in [0.1, 0.15) is 5.82 Å². The van der Waals surface area contributed by atoms with Gasteiger partial charge in [0.2, 0.25) is 10.0 Å². The molecule has 1 atom stereocenters. The Hall–Kier alpha value is -2.04. The first-order valence-corrected chi connectivity index (χ1v) is 11.2. The molecule has 1 unspecified atom stereocenters. The molecule has 10 heteroatoms. The summed E-state index contributed by atoms with van der Waals surface area (Å²) in [5, 5.41) is 2.82. The summed E-state index contributed by atoms with van der Waals surface area (Å²) in [5.74, 6) is -0.692. The van der Waals surface area contributed by atoms with Gasteiger partial charge in [0.15, 0.2) is 13.1 Å². The molecule has 0 saturated carbocycles. The van der Waals surface area contributed by atoms with Gasteiger partial charge in [-0.15, -0.1) is 0 Å². The lowest BCUT2D eigenvalue weighted by Crippen LogP contribution is -3.14. The van der Waals surface area contributed by atoms with Crippen LogP contribution in [0.3, 0.4) is 0 Å². The van der Waals surface area contributed by atoms with Crippen LogP contribution in [0.5, 0.6) is 0 Å². The number of rotatable bonds is 8. The van der Waals surface area contributed by atoms with E-state index in [1.165, 1.54) is 16.4 Å². The van der Waals surface area contributed by atoms with E-state index in [0.717, 1.165) is 17.0 Å². The molecule has 0 aliphatic carbocycles. The first kappa shape index (κ1) is 23.2. The van der Waals surface area contributed by atoms with Crippen LogP contribution in [-0.2, 0) is 19.6 Å². The van der Waals surface area contributed by atoms with E-state index < -0.39 is 15.8 Å². The second-order valence-corrected chi connectivity index (χ2v) is 9.36. The number of likely N-dealkylation sites (N-methyl/N-ethyl adjacent to an activating group) is 1. The number of carbonyl (C=O) groups is 2. The van der Waals surface area contributed by atoms with E-state index in [-0.39, 0.29) is 62.0 Å². The maximum Gasteiger partial charge on any atom is 0.277 e. The molecule has 29 heavy (non-hydrogen) atoms. The highest BCUT2D eigenvalue weighted by Crippen LogP contribution is 2.18. The van der Waals surface area contributed by atoms with Crippen molar-refractivity contribution in [3.05, 3.63) is 30.1 Å². The normalized spacial score (nSPS) is 16.7. The van der Waals surface area contributed by atoms with Crippen molar-refractivity contribution >= 4 is 21.8 Å². The average Bonchev–Trinajstić information content (AvgIpc) is 2.67. The van der Waals surface area contributed by atoms with E-state index >= 15 is 0 Å². The van der Waals surface area contributed by atoms with Crippen LogP contribution in [0, 0.1) is 5.82 Å². The van der Waals surface area contributed by atoms with Gasteiger partial charge in [-0.1, -0.05) is 0 Å². The lowest BCUT2D eigenvalue weighted by Gasteiger charge is -2.34. The molecule has 1 saturated heterocycles. The standard InChI is InChI=1S/C19H29FN4O4S/c1-4-22(13-18(25)21-15(2)3)14-19(26)23-9-11-24(12-10-23)29(27,28)17-7-5-16(20)6-8-17/h5-8,15H,4,9-14H2,1-3H3,(H,21,25)/p+1. The molecule has 2 N–H and O–H groups in total. The molecule has 1 aromatic rings. The molecular formula is C19H30FN4O4S+. The fourth-order valence-electron chi connectivity index (χ4n) is 3.17. The van der Waals surface area contributed by atoms with Crippen molar-refractivity contribution in [3.63, 3.8) is 0 Å². The number of hydrogen-bond acceptors (Lipinski definition) is 4. The maximum absolute atomic E-state index is 13.1. The van der Waals surface area contributed by atoms with E-state index in [1.54, 1.807) is 4.90 Å². The molecule has 1 aromatic carbocycles. The van der Waals surface area contributed by atoms with Gasteiger partial charge in [-0.3, -0.25) is 9.59 Å². The highest BCUT2D eigenvalue weighted by molar-refractivity contribution is 7.89. The number of nitrogens with zero attached hydrogens (tertiary/aromatic N) is 2. The SMILES string of the molecule is CC[NH+](CC(=O)NC(C)C)CC(=O)N1CCN(S(=O)(=O)c2ccc(F)cc2)CC1. The van der Waals surface area contributed by atoms with Gasteiger partial charge in [-0.25, -0.2) is 12.8 Å². The second kappa shape index (κ2) is 10.1. The molecule has 1 aliphatic rings. The summed E-state index contributed by atoms with van der Waals surface area (Å²) >= 11 is 0. The third kappa shape index (κ3) is 6.48. The Morgan fingerprint density at radius 1 is 1.10 bits per heavy atom. The Morgan fingerprint density at radius 2 is 1.69 bits per heavy atom. The van der Waals surface area contributed by atoms with Crippen LogP contribution in [0.2, 0.25) is 0 Å². The molecule has 2 amide bonds. The van der Waals surface area contributed by atoms with Crippen molar-refractivity contribution in [3.8, 4) is 0 Å². The predicted molar refractivity (Wildman–Crippen MR) is 106 cm³/mol. The average molecular weight is 430 g/mol. The number of carbonyl (C=O) groups excluding carboxylic acids is 2. The Bertz CT molecular complexity index is 806. The summed E-state index contributed by atoms with van der Waals surface area (Å²) < 4.78 is 39.7. The molecule has 1 aliphatic heterocycles. The molecule has 8 nitrogen and oxygen atoms in total. The number of hydrogen-bond donors (Lipinski definition) is 2. The number of amides is 2. The van der Waals surface area contributed by atoms with Crippen molar-refractivity contribution in [2.24, 2.45) is 0 Å². The minimum atomic E-state index is -3.71. The topological polar surface area (TPSA) is 91.2 Å². The Morgan fingerprint density at radius 3 is 2.21 bits per heavy atom. The molecule has 1 heterocycles. The van der Waals surface area contributed by atoms with E-state index in [4.69, 9.17) is 0 Å². The van der Waals surface area contributed by atoms with Gasteiger partial charge < -0.3 is 15.1 Å². The third-order valence-electron chi connectivity index (χ3n) is 4.80. The smallest absolute Gasteiger partial charge is 0.277 e. The van der Waals surface area contributed by atoms with Crippen molar-refractivity contribution in [2.45, 2.75) is 31.7 Å². The Balaban J connectivity index is 1.90. The van der Waals surface area contributed by atoms with E-state index in [1.807, 2.05) is 20.8 Å². The van der Waals surface area contributed by atoms with Crippen LogP contribution in [0.25, 0.3) is 0 Å². The number of sulfonamides is 1. The Kier molecular flexibility index (Phi) is 8.12. The fourth-order valence-corrected chi connectivity index (χ4v) is 4.59. The molecule has 0 spiro atoms. The molecular weight excluding hydrogens is 399 g/mol. The van der Waals surface area contributed by atoms with Crippen LogP contribution >= 0.6 is 0 Å². The van der Waals surface area contributed by atoms with Crippen LogP contribution in [0.1, 0.15) is 20.8 Å². The number of nitrogens with one attached hydrogen (secondary N) is 2. The van der Waals surface area contributed by atoms with Crippen molar-refractivity contribution in [2.75, 3.05) is 45.8 Å². The van der Waals surface area contributed by atoms with Crippen molar-refractivity contribution < 1.29 is 27.3 Å². The number of halogens is 1. The number of piperazine rings is 1. The summed E-state index contributed by atoms with van der Waals surface area (Å²) in [6.07, 6.45) is 0. The molecule has 0 bridgehead atoms. The van der Waals surface area contributed by atoms with Crippen molar-refractivity contribution in [1.29, 1.82) is 0 Å². The van der Waals surface area contributed by atoms with Crippen LogP contribution in [-0.4, -0.2) is 81.3 Å². The minimum absolute atomic E-state index is 0.0384. The van der Waals surface area contributed by atoms with Gasteiger partial charge in [-0.05, 0) is 45.0 Å². The molecule has 162 valence electrons. The zero-order chi connectivity index (χ0) is 21.6. The molecule has 0 aromatic heterocycles. The zero-order valence-electron chi connectivity index (χ0n) is 17.2. The van der Waals surface area contributed by atoms with E-state index in [0.29, 0.717) is 6.54 Å². The first-order valence-electron chi connectivity index (χ1n) is 9.80. The highest BCUT2D eigenvalue weighted by atomic mass is 32.2. The largest absolute Gasteiger partial charge is 0.349 e. The van der Waals surface area contributed by atoms with Gasteiger partial charge >= 0.3 is 0 Å². The molecule has 0 radical (unpaired) electrons. The summed E-state index contributed by atoms with van der Waals surface area (Å²) in [7, 11) is -3.71. The quantitative estimate of drug-likeness (QED) is 0.560. The lowest BCUT2D eigenvalue weighted by atomic mass is 10.3. The minimum Gasteiger partial charge on any atom is -0.349 e. The van der Waals surface area contributed by atoms with Gasteiger partial charge in [0.25, 0.3) is 11.8 Å². The molecule has 2 rings (SSSR count). The summed E-state index contributed by atoms with van der Waals surface area (Å²) in [6.45, 7) is 7.66. The summed E-state index contributed by atoms with van der Waals surface area (Å²) in [5.41, 5.74) is 0. The molecule has 1 fully saturated rings. The predicted octanol–water partition coefficient (Wildman–Crippen LogP) is -0.912. The number of benzene rings is 1. The maximum atomic E-state index is 13.1. The monoisotopic (exact) mass is 429 g/mol. The zero-order valence-corrected chi connectivity index (χ0v) is 18.0. The summed E-state index contributed by atoms with van der Waals surface area (Å²) in [6, 6.07) is 4.77. The Labute approximate surface area is 171 Å². The van der Waals surface area contributed by atoms with Gasteiger partial charge in [0, 0.05) is 32.2 Å². The van der Waals surface area contributed by atoms with E-state index in [9.17, 15) is 22.4 Å². The van der Waals surface area contributed by atoms with Crippen LogP contribution in [0.15, 0.2) is 29.2 Å². The third-order valence-corrected chi connectivity index (χ3v) is 6.72. The van der Waals surface area contributed by atoms with Gasteiger partial charge in [0.05, 0.1) is 11.4 Å². The van der Waals surface area contributed by atoms with Crippen LogP contribution < -0.4 is 10.2 Å². The first-order chi connectivity index (χ1) is 13.6. The highest BCUT2D eigenvalue weighted by Gasteiger charge is 2.31. The van der Waals surface area contributed by atoms with Crippen molar-refractivity contribution in [1.82, 2.24) is 14.5 Å². The van der Waals surface area contributed by atoms with E-state index in [2.05, 4.69) is 5.32 Å². The number of quaternary nitrogens is 1. The summed E-state index contributed by atoms with van der Waals surface area (Å²) in [4.78, 5) is 27.1. The van der Waals surface area contributed by atoms with Gasteiger partial charge in [-0.2, -0.15) is 4.31 Å². The lowest BCUT2D eigenvalue weighted by molar-refractivity contribution is -0.882. The van der Waals surface area contributed by atoms with Crippen LogP contribution in [0.4, 0.5) is 4.39 Å². The fraction of sp³-hybridized carbons (Fsp3) is 0.579. The second-order valence-electron chi connectivity index (χ2n) is 7.42.